The Bertz CT molecular complexity index is 998. The normalized spacial score (nSPS) is 13.0. The van der Waals surface area contributed by atoms with Gasteiger partial charge in [-0.15, -0.1) is 0 Å². The number of hydrogen-bond acceptors (Lipinski definition) is 3. The number of benzene rings is 2. The molecule has 1 N–H and O–H groups in total. The number of Topliss-reactive ketones (excluding diaryl/α,β-unsaturated/α-hetero) is 1. The lowest BCUT2D eigenvalue weighted by Gasteiger charge is -2.22. The van der Waals surface area contributed by atoms with E-state index in [0.717, 1.165) is 22.3 Å². The van der Waals surface area contributed by atoms with Gasteiger partial charge in [-0.25, -0.2) is 4.85 Å². The summed E-state index contributed by atoms with van der Waals surface area (Å²) in [5.74, 6) is -0.283. The van der Waals surface area contributed by atoms with Crippen molar-refractivity contribution in [2.24, 2.45) is 0 Å². The van der Waals surface area contributed by atoms with Crippen molar-refractivity contribution < 1.29 is 9.90 Å². The molecule has 0 saturated carbocycles. The quantitative estimate of drug-likeness (QED) is 0.678. The molecule has 0 saturated heterocycles. The van der Waals surface area contributed by atoms with Gasteiger partial charge in [0.1, 0.15) is 5.60 Å². The van der Waals surface area contributed by atoms with E-state index in [1.165, 1.54) is 6.92 Å². The molecule has 5 heteroatoms. The fraction of sp³-hybridized carbons (Fsp3) is 0.227. The van der Waals surface area contributed by atoms with E-state index < -0.39 is 5.60 Å². The predicted molar refractivity (Wildman–Crippen MR) is 104 cm³/mol. The number of aliphatic hydroxyl groups is 1. The Labute approximate surface area is 158 Å². The third-order valence-electron chi connectivity index (χ3n) is 4.56. The zero-order chi connectivity index (χ0) is 19.4. The topological polar surface area (TPSA) is 59.5 Å². The molecular weight excluding hydrogens is 338 g/mol. The van der Waals surface area contributed by atoms with Crippen LogP contribution < -0.4 is 0 Å². The van der Waals surface area contributed by atoms with E-state index in [0.29, 0.717) is 5.69 Å². The fourth-order valence-corrected chi connectivity index (χ4v) is 2.96. The van der Waals surface area contributed by atoms with E-state index in [-0.39, 0.29) is 18.7 Å². The molecule has 136 valence electrons. The van der Waals surface area contributed by atoms with Crippen LogP contribution in [0.2, 0.25) is 0 Å². The van der Waals surface area contributed by atoms with Crippen LogP contribution in [0.25, 0.3) is 16.0 Å². The molecule has 0 fully saturated rings. The highest BCUT2D eigenvalue weighted by Gasteiger charge is 2.31. The number of aromatic nitrogens is 2. The maximum absolute atomic E-state index is 12.6. The maximum Gasteiger partial charge on any atom is 0.190 e. The molecule has 0 aliphatic rings. The van der Waals surface area contributed by atoms with Crippen molar-refractivity contribution in [3.05, 3.63) is 83.5 Å². The third kappa shape index (κ3) is 4.30. The van der Waals surface area contributed by atoms with Crippen LogP contribution in [0.3, 0.4) is 0 Å². The summed E-state index contributed by atoms with van der Waals surface area (Å²) in [6.07, 6.45) is 3.66. The molecule has 5 nitrogen and oxygen atoms in total. The van der Waals surface area contributed by atoms with Crippen molar-refractivity contribution in [1.82, 2.24) is 9.78 Å². The lowest BCUT2D eigenvalue weighted by molar-refractivity contribution is -0.136. The van der Waals surface area contributed by atoms with Crippen LogP contribution in [0, 0.1) is 13.5 Å². The first-order valence-electron chi connectivity index (χ1n) is 8.69. The van der Waals surface area contributed by atoms with E-state index in [2.05, 4.69) is 9.94 Å². The van der Waals surface area contributed by atoms with Gasteiger partial charge in [0.05, 0.1) is 19.3 Å². The Morgan fingerprint density at radius 1 is 1.22 bits per heavy atom. The molecule has 1 aromatic heterocycles. The molecule has 0 bridgehead atoms. The van der Waals surface area contributed by atoms with Gasteiger partial charge in [-0.05, 0) is 30.5 Å². The summed E-state index contributed by atoms with van der Waals surface area (Å²) < 4.78 is 1.59. The minimum Gasteiger partial charge on any atom is -0.380 e. The molecule has 3 rings (SSSR count). The molecule has 0 unspecified atom stereocenters. The van der Waals surface area contributed by atoms with Crippen molar-refractivity contribution >= 4 is 11.5 Å². The molecule has 0 radical (unpaired) electrons. The second kappa shape index (κ2) is 7.56. The van der Waals surface area contributed by atoms with Crippen LogP contribution in [-0.4, -0.2) is 26.3 Å². The monoisotopic (exact) mass is 359 g/mol. The highest BCUT2D eigenvalue weighted by Crippen LogP contribution is 2.22. The van der Waals surface area contributed by atoms with Gasteiger partial charge < -0.3 is 5.11 Å². The summed E-state index contributed by atoms with van der Waals surface area (Å²) in [6, 6.07) is 15.1. The first-order chi connectivity index (χ1) is 12.9. The Morgan fingerprint density at radius 2 is 1.96 bits per heavy atom. The summed E-state index contributed by atoms with van der Waals surface area (Å²) in [5, 5.41) is 15.0. The number of nitrogens with zero attached hydrogens (tertiary/aromatic N) is 3. The molecule has 0 aliphatic carbocycles. The lowest BCUT2D eigenvalue weighted by Crippen LogP contribution is -2.40. The predicted octanol–water partition coefficient (Wildman–Crippen LogP) is 3.97. The zero-order valence-electron chi connectivity index (χ0n) is 15.4. The van der Waals surface area contributed by atoms with Crippen LogP contribution >= 0.6 is 0 Å². The van der Waals surface area contributed by atoms with Crippen LogP contribution in [0.5, 0.6) is 0 Å². The second-order valence-corrected chi connectivity index (χ2v) is 6.90. The van der Waals surface area contributed by atoms with Gasteiger partial charge in [-0.3, -0.25) is 9.48 Å². The summed E-state index contributed by atoms with van der Waals surface area (Å²) in [7, 11) is 0. The van der Waals surface area contributed by atoms with Gasteiger partial charge in [-0.2, -0.15) is 5.10 Å². The van der Waals surface area contributed by atoms with Gasteiger partial charge in [-0.1, -0.05) is 48.5 Å². The molecule has 1 heterocycles. The van der Waals surface area contributed by atoms with Gasteiger partial charge in [0, 0.05) is 18.2 Å². The zero-order valence-corrected chi connectivity index (χ0v) is 15.4. The van der Waals surface area contributed by atoms with Gasteiger partial charge >= 0.3 is 0 Å². The second-order valence-electron chi connectivity index (χ2n) is 6.90. The Hall–Kier alpha value is -3.23. The highest BCUT2D eigenvalue weighted by molar-refractivity contribution is 5.88. The lowest BCUT2D eigenvalue weighted by atomic mass is 9.94. The van der Waals surface area contributed by atoms with Crippen LogP contribution in [0.4, 0.5) is 5.69 Å². The molecule has 1 atom stereocenters. The minimum atomic E-state index is -1.54. The maximum atomic E-state index is 12.6. The molecule has 0 amide bonds. The molecule has 2 aromatic carbocycles. The Balaban J connectivity index is 1.71. The van der Waals surface area contributed by atoms with Crippen LogP contribution in [0.1, 0.15) is 18.1 Å². The third-order valence-corrected chi connectivity index (χ3v) is 4.56. The van der Waals surface area contributed by atoms with E-state index >= 15 is 0 Å². The number of carbonyl (C=O) groups excluding carboxylic acids is 1. The first kappa shape index (κ1) is 18.6. The summed E-state index contributed by atoms with van der Waals surface area (Å²) in [6.45, 7) is 10.5. The summed E-state index contributed by atoms with van der Waals surface area (Å²) >= 11 is 0. The fourth-order valence-electron chi connectivity index (χ4n) is 2.96. The number of carbonyl (C=O) groups is 1. The van der Waals surface area contributed by atoms with Gasteiger partial charge in [0.25, 0.3) is 0 Å². The van der Waals surface area contributed by atoms with Crippen LogP contribution in [0.15, 0.2) is 60.9 Å². The first-order valence-corrected chi connectivity index (χ1v) is 8.69. The van der Waals surface area contributed by atoms with Crippen molar-refractivity contribution in [2.45, 2.75) is 32.4 Å². The Morgan fingerprint density at radius 3 is 2.63 bits per heavy atom. The van der Waals surface area contributed by atoms with E-state index in [9.17, 15) is 9.90 Å². The molecule has 0 aliphatic heterocycles. The van der Waals surface area contributed by atoms with Crippen molar-refractivity contribution in [3.63, 3.8) is 0 Å². The average molecular weight is 359 g/mol. The van der Waals surface area contributed by atoms with E-state index in [4.69, 9.17) is 6.57 Å². The summed E-state index contributed by atoms with van der Waals surface area (Å²) in [4.78, 5) is 16.1. The molecule has 0 spiro atoms. The number of aryl methyl sites for hydroxylation is 1. The van der Waals surface area contributed by atoms with Crippen molar-refractivity contribution in [2.75, 3.05) is 0 Å². The smallest absolute Gasteiger partial charge is 0.190 e. The van der Waals surface area contributed by atoms with Crippen molar-refractivity contribution in [1.29, 1.82) is 0 Å². The van der Waals surface area contributed by atoms with Crippen LogP contribution in [-0.2, 0) is 17.8 Å². The molecular formula is C22H21N3O2. The van der Waals surface area contributed by atoms with Gasteiger partial charge in [0.2, 0.25) is 0 Å². The van der Waals surface area contributed by atoms with E-state index in [1.54, 1.807) is 23.0 Å². The van der Waals surface area contributed by atoms with E-state index in [1.807, 2.05) is 49.5 Å². The van der Waals surface area contributed by atoms with Gasteiger partial charge in [0.15, 0.2) is 11.5 Å². The largest absolute Gasteiger partial charge is 0.380 e. The van der Waals surface area contributed by atoms with Crippen molar-refractivity contribution in [3.8, 4) is 11.1 Å². The number of ketones is 1. The number of hydrogen-bond donors (Lipinski definition) is 1. The number of rotatable bonds is 6. The average Bonchev–Trinajstić information content (AvgIpc) is 3.10. The molecule has 3 aromatic rings. The SMILES string of the molecule is [C-]#[N+]c1ccc(CC(=O)[C@@](C)(O)Cn2cc(-c3ccccc3)cn2)cc1C. The standard InChI is InChI=1S/C22H21N3O2/c1-16-11-17(9-10-20(16)23-3)12-21(26)22(2,27)15-25-14-19(13-24-25)18-7-5-4-6-8-18/h4-11,13-14,27H,12,15H2,1-2H3/t22-/m0/s1. The molecule has 27 heavy (non-hydrogen) atoms. The summed E-state index contributed by atoms with van der Waals surface area (Å²) in [5.41, 5.74) is 2.62. The Kier molecular flexibility index (Phi) is 5.20. The minimum absolute atomic E-state index is 0.0811. The highest BCUT2D eigenvalue weighted by atomic mass is 16.3.